The number of carbonyl (C=O) groups is 1. The topological polar surface area (TPSA) is 82.4 Å². The molecule has 1 amide bonds. The summed E-state index contributed by atoms with van der Waals surface area (Å²) in [6.07, 6.45) is 0. The minimum atomic E-state index is -0.339. The van der Waals surface area contributed by atoms with Gasteiger partial charge in [-0.25, -0.2) is 4.68 Å². The van der Waals surface area contributed by atoms with E-state index in [1.165, 1.54) is 4.68 Å². The highest BCUT2D eigenvalue weighted by atomic mass is 16.5. The molecule has 1 heterocycles. The van der Waals surface area contributed by atoms with Crippen molar-refractivity contribution >= 4 is 16.7 Å². The van der Waals surface area contributed by atoms with Gasteiger partial charge in [-0.1, -0.05) is 60.7 Å². The molecule has 0 unspecified atom stereocenters. The third-order valence-electron chi connectivity index (χ3n) is 5.19. The first-order valence-electron chi connectivity index (χ1n) is 10.7. The molecule has 0 saturated carbocycles. The number of carbonyl (C=O) groups excluding carboxylic acids is 1. The minimum Gasteiger partial charge on any atom is -0.491 e. The molecule has 0 atom stereocenters. The third-order valence-corrected chi connectivity index (χ3v) is 5.19. The van der Waals surface area contributed by atoms with Gasteiger partial charge in [0.25, 0.3) is 11.5 Å². The van der Waals surface area contributed by atoms with E-state index in [1.54, 1.807) is 31.4 Å². The summed E-state index contributed by atoms with van der Waals surface area (Å²) in [7, 11) is 1.63. The van der Waals surface area contributed by atoms with Gasteiger partial charge in [-0.05, 0) is 29.3 Å². The molecule has 4 rings (SSSR count). The zero-order valence-corrected chi connectivity index (χ0v) is 18.4. The number of hydrogen-bond acceptors (Lipinski definition) is 5. The van der Waals surface area contributed by atoms with E-state index in [2.05, 4.69) is 10.4 Å². The van der Waals surface area contributed by atoms with Crippen LogP contribution in [0.4, 0.5) is 0 Å². The molecule has 168 valence electrons. The number of methoxy groups -OCH3 is 1. The molecule has 0 bridgehead atoms. The van der Waals surface area contributed by atoms with Crippen molar-refractivity contribution in [2.75, 3.05) is 20.3 Å². The molecular weight excluding hydrogens is 418 g/mol. The van der Waals surface area contributed by atoms with E-state index >= 15 is 0 Å². The molecule has 1 N–H and O–H groups in total. The Bertz CT molecular complexity index is 1280. The monoisotopic (exact) mass is 443 g/mol. The minimum absolute atomic E-state index is 0.223. The molecule has 0 fully saturated rings. The second-order valence-electron chi connectivity index (χ2n) is 7.51. The van der Waals surface area contributed by atoms with Crippen LogP contribution in [0.5, 0.6) is 5.75 Å². The predicted octanol–water partition coefficient (Wildman–Crippen LogP) is 3.40. The first-order valence-corrected chi connectivity index (χ1v) is 10.7. The Morgan fingerprint density at radius 1 is 0.879 bits per heavy atom. The van der Waals surface area contributed by atoms with E-state index in [0.717, 1.165) is 16.9 Å². The number of nitrogens with one attached hydrogen (secondary N) is 1. The number of ether oxygens (including phenoxy) is 2. The summed E-state index contributed by atoms with van der Waals surface area (Å²) in [5, 5.41) is 8.33. The van der Waals surface area contributed by atoms with Crippen LogP contribution in [0.15, 0.2) is 83.7 Å². The first-order chi connectivity index (χ1) is 16.2. The van der Waals surface area contributed by atoms with Crippen molar-refractivity contribution in [3.05, 3.63) is 106 Å². The van der Waals surface area contributed by atoms with Crippen molar-refractivity contribution in [2.24, 2.45) is 0 Å². The van der Waals surface area contributed by atoms with Gasteiger partial charge in [-0.3, -0.25) is 9.59 Å². The highest BCUT2D eigenvalue weighted by Crippen LogP contribution is 2.15. The summed E-state index contributed by atoms with van der Waals surface area (Å²) >= 11 is 0. The number of nitrogens with zero attached hydrogens (tertiary/aromatic N) is 2. The Labute approximate surface area is 191 Å². The highest BCUT2D eigenvalue weighted by Gasteiger charge is 2.16. The highest BCUT2D eigenvalue weighted by molar-refractivity contribution is 6.04. The molecule has 3 aromatic carbocycles. The predicted molar refractivity (Wildman–Crippen MR) is 127 cm³/mol. The molecule has 33 heavy (non-hydrogen) atoms. The smallest absolute Gasteiger partial charge is 0.274 e. The lowest BCUT2D eigenvalue weighted by atomic mass is 10.1. The number of amides is 1. The normalized spacial score (nSPS) is 10.8. The van der Waals surface area contributed by atoms with Crippen LogP contribution in [0, 0.1) is 0 Å². The van der Waals surface area contributed by atoms with Gasteiger partial charge in [0.15, 0.2) is 5.69 Å². The lowest BCUT2D eigenvalue weighted by molar-refractivity contribution is 0.0945. The number of fused-ring (bicyclic) bond motifs is 1. The summed E-state index contributed by atoms with van der Waals surface area (Å²) in [5.41, 5.74) is 1.85. The fourth-order valence-electron chi connectivity index (χ4n) is 3.48. The standard InChI is InChI=1S/C26H25N3O4/c1-32-15-16-33-21-13-11-19(12-14-21)17-27-25(30)24-22-9-5-6-10-23(22)26(31)29(28-24)18-20-7-3-2-4-8-20/h2-14H,15-18H2,1H3,(H,27,30). The van der Waals surface area contributed by atoms with Gasteiger partial charge >= 0.3 is 0 Å². The average molecular weight is 444 g/mol. The van der Waals surface area contributed by atoms with Crippen molar-refractivity contribution in [1.82, 2.24) is 15.1 Å². The Hall–Kier alpha value is -3.97. The van der Waals surface area contributed by atoms with Gasteiger partial charge in [0.05, 0.1) is 18.5 Å². The van der Waals surface area contributed by atoms with E-state index in [4.69, 9.17) is 9.47 Å². The van der Waals surface area contributed by atoms with Crippen molar-refractivity contribution in [1.29, 1.82) is 0 Å². The Balaban J connectivity index is 1.54. The van der Waals surface area contributed by atoms with Gasteiger partial charge in [0.1, 0.15) is 12.4 Å². The van der Waals surface area contributed by atoms with Crippen molar-refractivity contribution in [3.8, 4) is 5.75 Å². The molecule has 0 radical (unpaired) electrons. The largest absolute Gasteiger partial charge is 0.491 e. The van der Waals surface area contributed by atoms with Gasteiger partial charge in [-0.15, -0.1) is 0 Å². The summed E-state index contributed by atoms with van der Waals surface area (Å²) in [5.74, 6) is 0.399. The maximum Gasteiger partial charge on any atom is 0.274 e. The molecule has 7 nitrogen and oxygen atoms in total. The van der Waals surface area contributed by atoms with Crippen LogP contribution >= 0.6 is 0 Å². The third kappa shape index (κ3) is 5.45. The number of hydrogen-bond donors (Lipinski definition) is 1. The van der Waals surface area contributed by atoms with Gasteiger partial charge in [0.2, 0.25) is 0 Å². The van der Waals surface area contributed by atoms with Crippen LogP contribution in [0.3, 0.4) is 0 Å². The molecule has 0 aliphatic carbocycles. The van der Waals surface area contributed by atoms with E-state index in [-0.39, 0.29) is 23.7 Å². The maximum absolute atomic E-state index is 13.1. The second kappa shape index (κ2) is 10.6. The Kier molecular flexibility index (Phi) is 7.12. The lowest BCUT2D eigenvalue weighted by Crippen LogP contribution is -2.30. The zero-order valence-electron chi connectivity index (χ0n) is 18.4. The van der Waals surface area contributed by atoms with E-state index in [0.29, 0.717) is 30.5 Å². The van der Waals surface area contributed by atoms with Crippen LogP contribution in [-0.2, 0) is 17.8 Å². The van der Waals surface area contributed by atoms with Crippen LogP contribution in [0.1, 0.15) is 21.6 Å². The van der Waals surface area contributed by atoms with Crippen LogP contribution in [-0.4, -0.2) is 36.0 Å². The van der Waals surface area contributed by atoms with Crippen LogP contribution in [0.2, 0.25) is 0 Å². The van der Waals surface area contributed by atoms with E-state index in [9.17, 15) is 9.59 Å². The second-order valence-corrected chi connectivity index (χ2v) is 7.51. The summed E-state index contributed by atoms with van der Waals surface area (Å²) in [6, 6.07) is 24.1. The fourth-order valence-corrected chi connectivity index (χ4v) is 3.48. The zero-order chi connectivity index (χ0) is 23.0. The van der Waals surface area contributed by atoms with Crippen molar-refractivity contribution in [2.45, 2.75) is 13.1 Å². The number of benzene rings is 3. The summed E-state index contributed by atoms with van der Waals surface area (Å²) in [6.45, 7) is 1.61. The Morgan fingerprint density at radius 3 is 2.30 bits per heavy atom. The van der Waals surface area contributed by atoms with E-state index in [1.807, 2.05) is 54.6 Å². The Morgan fingerprint density at radius 2 is 1.58 bits per heavy atom. The first kappa shape index (κ1) is 22.2. The molecule has 0 aliphatic rings. The van der Waals surface area contributed by atoms with Gasteiger partial charge in [-0.2, -0.15) is 5.10 Å². The van der Waals surface area contributed by atoms with Gasteiger partial charge in [0, 0.05) is 19.0 Å². The molecule has 0 saturated heterocycles. The molecule has 1 aromatic heterocycles. The molecule has 7 heteroatoms. The lowest BCUT2D eigenvalue weighted by Gasteiger charge is -2.12. The maximum atomic E-state index is 13.1. The van der Waals surface area contributed by atoms with Gasteiger partial charge < -0.3 is 14.8 Å². The molecule has 0 aliphatic heterocycles. The molecule has 4 aromatic rings. The fraction of sp³-hybridized carbons (Fsp3) is 0.192. The van der Waals surface area contributed by atoms with Crippen LogP contribution < -0.4 is 15.6 Å². The van der Waals surface area contributed by atoms with E-state index < -0.39 is 0 Å². The SMILES string of the molecule is COCCOc1ccc(CNC(=O)c2nn(Cc3ccccc3)c(=O)c3ccccc23)cc1. The molecule has 0 spiro atoms. The summed E-state index contributed by atoms with van der Waals surface area (Å²) in [4.78, 5) is 26.0. The number of rotatable bonds is 9. The summed E-state index contributed by atoms with van der Waals surface area (Å²) < 4.78 is 11.9. The van der Waals surface area contributed by atoms with Crippen molar-refractivity contribution in [3.63, 3.8) is 0 Å². The van der Waals surface area contributed by atoms with Crippen LogP contribution in [0.25, 0.3) is 10.8 Å². The van der Waals surface area contributed by atoms with Crippen molar-refractivity contribution < 1.29 is 14.3 Å². The molecular formula is C26H25N3O4. The average Bonchev–Trinajstić information content (AvgIpc) is 2.86. The quantitative estimate of drug-likeness (QED) is 0.401. The number of aromatic nitrogens is 2.